The predicted octanol–water partition coefficient (Wildman–Crippen LogP) is 4.59. The smallest absolute Gasteiger partial charge is 0.408 e. The predicted molar refractivity (Wildman–Crippen MR) is 220 cm³/mol. The molecule has 0 spiro atoms. The highest BCUT2D eigenvalue weighted by Crippen LogP contribution is 2.40. The van der Waals surface area contributed by atoms with Gasteiger partial charge < -0.3 is 43.8 Å². The molecule has 13 atom stereocenters. The monoisotopic (exact) mass is 832 g/mol. The molecule has 0 bridgehead atoms. The highest BCUT2D eigenvalue weighted by atomic mass is 16.7. The van der Waals surface area contributed by atoms with Gasteiger partial charge in [-0.25, -0.2) is 4.79 Å². The van der Waals surface area contributed by atoms with Crippen LogP contribution in [0, 0.1) is 35.5 Å². The number of cyclic esters (lactones) is 1. The van der Waals surface area contributed by atoms with Crippen molar-refractivity contribution in [1.29, 1.82) is 0 Å². The van der Waals surface area contributed by atoms with E-state index >= 15 is 0 Å². The minimum Gasteiger partial charge on any atom is -0.458 e. The van der Waals surface area contributed by atoms with Gasteiger partial charge in [0.25, 0.3) is 0 Å². The van der Waals surface area contributed by atoms with Crippen LogP contribution in [0.1, 0.15) is 86.1 Å². The van der Waals surface area contributed by atoms with Crippen molar-refractivity contribution in [1.82, 2.24) is 15.2 Å². The number of carbonyl (C=O) groups excluding carboxylic acids is 4. The summed E-state index contributed by atoms with van der Waals surface area (Å²) in [6.45, 7) is 11.9. The van der Waals surface area contributed by atoms with Crippen LogP contribution in [0.2, 0.25) is 0 Å². The number of esters is 1. The fraction of sp³-hybridized carbons (Fsp3) is 0.644. The molecule has 3 fully saturated rings. The maximum absolute atomic E-state index is 14.4. The van der Waals surface area contributed by atoms with Crippen molar-refractivity contribution in [3.05, 3.63) is 42.1 Å². The van der Waals surface area contributed by atoms with Gasteiger partial charge in [0.05, 0.1) is 35.6 Å². The van der Waals surface area contributed by atoms with Crippen LogP contribution in [0.3, 0.4) is 0 Å². The van der Waals surface area contributed by atoms with E-state index in [-0.39, 0.29) is 44.0 Å². The maximum atomic E-state index is 14.4. The Morgan fingerprint density at radius 1 is 1.03 bits per heavy atom. The molecule has 0 radical (unpaired) electrons. The van der Waals surface area contributed by atoms with Crippen LogP contribution in [0.15, 0.2) is 41.7 Å². The van der Waals surface area contributed by atoms with Crippen LogP contribution >= 0.6 is 0 Å². The van der Waals surface area contributed by atoms with Crippen molar-refractivity contribution in [3.63, 3.8) is 0 Å². The number of ketones is 2. The number of para-hydroxylation sites is 1. The number of likely N-dealkylation sites (N-methyl/N-ethyl adjacent to an activating group) is 1. The lowest BCUT2D eigenvalue weighted by molar-refractivity contribution is -0.282. The quantitative estimate of drug-likeness (QED) is 0.214. The number of benzene rings is 1. The number of aliphatic hydroxyl groups excluding tert-OH is 1. The van der Waals surface area contributed by atoms with E-state index in [0.717, 1.165) is 22.2 Å². The Labute approximate surface area is 352 Å². The lowest BCUT2D eigenvalue weighted by Crippen LogP contribution is -2.59. The average Bonchev–Trinajstić information content (AvgIpc) is 3.83. The highest BCUT2D eigenvalue weighted by Gasteiger charge is 2.57. The van der Waals surface area contributed by atoms with Crippen LogP contribution in [-0.4, -0.2) is 126 Å². The maximum Gasteiger partial charge on any atom is 0.408 e. The zero-order valence-corrected chi connectivity index (χ0v) is 36.1. The summed E-state index contributed by atoms with van der Waals surface area (Å²) in [5.74, 6) is 0.955. The Balaban J connectivity index is 1.27. The van der Waals surface area contributed by atoms with Crippen LogP contribution in [0.25, 0.3) is 10.9 Å². The fourth-order valence-electron chi connectivity index (χ4n) is 9.29. The third-order valence-electron chi connectivity index (χ3n) is 12.8. The first kappa shape index (κ1) is 45.1. The second-order valence-electron chi connectivity index (χ2n) is 17.4. The number of amides is 1. The summed E-state index contributed by atoms with van der Waals surface area (Å²) in [7, 11) is 3.71. The molecule has 4 aliphatic rings. The lowest BCUT2D eigenvalue weighted by atomic mass is 9.73. The Kier molecular flexibility index (Phi) is 14.0. The third kappa shape index (κ3) is 9.38. The number of carbonyl (C=O) groups is 4. The molecule has 326 valence electrons. The Morgan fingerprint density at radius 3 is 2.52 bits per heavy atom. The SMILES string of the molecule is CC[C@H]1OC(=O)[C@H](C)C(=O)[C@H](C)[C@@H](O[C@@H]2OCC[C@H](N(C)C)[C@H]2O)[C@@](C)(OCC#CCC2CC(c3cnc4ccccc4c3)=NO2)C[C@@H](C)C(=O)[C@H](C)[C@H]2NC(=O)O[C@@]21C. The van der Waals surface area contributed by atoms with E-state index in [9.17, 15) is 24.3 Å². The Bertz CT molecular complexity index is 2010. The van der Waals surface area contributed by atoms with Gasteiger partial charge in [-0.2, -0.15) is 0 Å². The highest BCUT2D eigenvalue weighted by molar-refractivity contribution is 6.03. The number of aliphatic hydroxyl groups is 1. The number of Topliss-reactive ketones (excluding diaryl/α,β-unsaturated/α-hetero) is 2. The van der Waals surface area contributed by atoms with E-state index in [1.54, 1.807) is 47.7 Å². The summed E-state index contributed by atoms with van der Waals surface area (Å²) >= 11 is 0. The number of nitrogens with one attached hydrogen (secondary N) is 1. The number of rotatable bonds is 8. The number of hydrogen-bond donors (Lipinski definition) is 2. The molecule has 3 saturated heterocycles. The van der Waals surface area contributed by atoms with Crippen LogP contribution in [-0.2, 0) is 42.9 Å². The lowest BCUT2D eigenvalue weighted by Gasteiger charge is -2.46. The van der Waals surface area contributed by atoms with Crippen molar-refractivity contribution in [2.24, 2.45) is 28.8 Å². The summed E-state index contributed by atoms with van der Waals surface area (Å²) < 4.78 is 31.0. The van der Waals surface area contributed by atoms with E-state index in [1.807, 2.05) is 49.3 Å². The standard InChI is InChI=1S/C45H60N4O11/c1-10-35-45(7)39(47-43(54)59-45)26(3)36(50)25(2)23-44(6,40(27(4)37(51)28(5)41(53)57-35)58-42-38(52)34(49(8)9)18-20-55-42)56-19-14-13-16-31-22-33(48-60-31)30-21-29-15-11-12-17-32(29)46-24-30/h11-12,15,17,21,24-28,31,34-35,38-40,42,52H,10,16,18-20,22-23H2,1-9H3,(H,47,54)/t25-,26+,27+,28-,31?,34+,35-,38-,39-,40-,42+,44+,45-/m1/s1. The van der Waals surface area contributed by atoms with Crippen molar-refractivity contribution < 1.29 is 52.8 Å². The number of alkyl carbamates (subject to hydrolysis) is 1. The van der Waals surface area contributed by atoms with Gasteiger partial charge in [0.1, 0.15) is 36.6 Å². The van der Waals surface area contributed by atoms with Gasteiger partial charge in [0, 0.05) is 53.8 Å². The summed E-state index contributed by atoms with van der Waals surface area (Å²) in [4.78, 5) is 67.6. The van der Waals surface area contributed by atoms with E-state index in [4.69, 9.17) is 28.5 Å². The number of oxime groups is 1. The van der Waals surface area contributed by atoms with Crippen LogP contribution in [0.5, 0.6) is 0 Å². The van der Waals surface area contributed by atoms with Gasteiger partial charge in [0.15, 0.2) is 17.7 Å². The molecule has 60 heavy (non-hydrogen) atoms. The largest absolute Gasteiger partial charge is 0.458 e. The van der Waals surface area contributed by atoms with Crippen LogP contribution in [0.4, 0.5) is 4.79 Å². The van der Waals surface area contributed by atoms with Gasteiger partial charge in [-0.3, -0.25) is 19.4 Å². The molecule has 15 nitrogen and oxygen atoms in total. The molecular weight excluding hydrogens is 773 g/mol. The number of fused-ring (bicyclic) bond motifs is 2. The molecule has 1 aromatic carbocycles. The second kappa shape index (κ2) is 18.7. The summed E-state index contributed by atoms with van der Waals surface area (Å²) in [5.41, 5.74) is -0.244. The van der Waals surface area contributed by atoms with Crippen molar-refractivity contribution in [2.75, 3.05) is 27.3 Å². The van der Waals surface area contributed by atoms with Crippen molar-refractivity contribution in [3.8, 4) is 11.8 Å². The molecule has 1 unspecified atom stereocenters. The molecule has 1 aromatic heterocycles. The third-order valence-corrected chi connectivity index (χ3v) is 12.8. The first-order chi connectivity index (χ1) is 28.5. The molecule has 0 aliphatic carbocycles. The number of hydrogen-bond acceptors (Lipinski definition) is 14. The Hall–Kier alpha value is -4.46. The molecule has 5 heterocycles. The van der Waals surface area contributed by atoms with Crippen molar-refractivity contribution in [2.45, 2.75) is 135 Å². The number of nitrogens with zero attached hydrogens (tertiary/aromatic N) is 3. The number of aromatic nitrogens is 1. The zero-order chi connectivity index (χ0) is 43.5. The molecule has 1 amide bonds. The van der Waals surface area contributed by atoms with Crippen LogP contribution < -0.4 is 5.32 Å². The second-order valence-corrected chi connectivity index (χ2v) is 17.4. The number of pyridine rings is 1. The first-order valence-electron chi connectivity index (χ1n) is 21.0. The fourth-order valence-corrected chi connectivity index (χ4v) is 9.29. The number of ether oxygens (including phenoxy) is 5. The summed E-state index contributed by atoms with van der Waals surface area (Å²) in [6.07, 6.45) is -1.81. The molecule has 4 aliphatic heterocycles. The normalized spacial score (nSPS) is 36.6. The van der Waals surface area contributed by atoms with E-state index in [2.05, 4.69) is 27.3 Å². The van der Waals surface area contributed by atoms with E-state index in [0.29, 0.717) is 19.3 Å². The zero-order valence-electron chi connectivity index (χ0n) is 36.1. The van der Waals surface area contributed by atoms with Gasteiger partial charge >= 0.3 is 12.1 Å². The molecule has 2 aromatic rings. The summed E-state index contributed by atoms with van der Waals surface area (Å²) in [6, 6.07) is 8.75. The molecule has 0 saturated carbocycles. The van der Waals surface area contributed by atoms with Gasteiger partial charge in [0.2, 0.25) is 0 Å². The first-order valence-corrected chi connectivity index (χ1v) is 21.0. The topological polar surface area (TPSA) is 184 Å². The molecule has 15 heteroatoms. The molecular formula is C45H60N4O11. The van der Waals surface area contributed by atoms with Crippen molar-refractivity contribution >= 4 is 40.2 Å². The average molecular weight is 833 g/mol. The van der Waals surface area contributed by atoms with E-state index in [1.165, 1.54) is 6.92 Å². The molecule has 2 N–H and O–H groups in total. The van der Waals surface area contributed by atoms with Gasteiger partial charge in [-0.1, -0.05) is 62.9 Å². The summed E-state index contributed by atoms with van der Waals surface area (Å²) in [5, 5.41) is 19.6. The van der Waals surface area contributed by atoms with Gasteiger partial charge in [-0.05, 0) is 66.3 Å². The Morgan fingerprint density at radius 2 is 1.78 bits per heavy atom. The molecule has 6 rings (SSSR count). The van der Waals surface area contributed by atoms with Gasteiger partial charge in [-0.15, -0.1) is 0 Å². The minimum absolute atomic E-state index is 0.0526. The minimum atomic E-state index is -1.41. The van der Waals surface area contributed by atoms with E-state index < -0.39 is 83.4 Å².